The van der Waals surface area contributed by atoms with Gasteiger partial charge >= 0.3 is 5.97 Å². The monoisotopic (exact) mass is 332 g/mol. The number of carbonyl (C=O) groups is 1. The molecule has 0 saturated heterocycles. The fraction of sp³-hybridized carbons (Fsp3) is 0.500. The minimum atomic E-state index is -0.751. The molecule has 24 heavy (non-hydrogen) atoms. The Bertz CT molecular complexity index is 759. The average Bonchev–Trinajstić information content (AvgIpc) is 2.88. The Labute approximate surface area is 139 Å². The number of rotatable bonds is 6. The Morgan fingerprint density at radius 3 is 2.79 bits per heavy atom. The number of aromatic nitrogens is 4. The van der Waals surface area contributed by atoms with Gasteiger partial charge in [-0.25, -0.2) is 9.67 Å². The zero-order valence-electron chi connectivity index (χ0n) is 13.6. The molecule has 8 nitrogen and oxygen atoms in total. The summed E-state index contributed by atoms with van der Waals surface area (Å²) in [5.74, 6) is -0.366. The summed E-state index contributed by atoms with van der Waals surface area (Å²) in [6.07, 6.45) is 1.59. The molecule has 2 unspecified atom stereocenters. The summed E-state index contributed by atoms with van der Waals surface area (Å²) in [4.78, 5) is 15.5. The van der Waals surface area contributed by atoms with E-state index in [9.17, 15) is 9.90 Å². The van der Waals surface area contributed by atoms with Crippen molar-refractivity contribution in [2.24, 2.45) is 18.9 Å². The molecule has 1 aliphatic rings. The van der Waals surface area contributed by atoms with Gasteiger partial charge in [0.25, 0.3) is 0 Å². The molecule has 1 fully saturated rings. The molecule has 0 amide bonds. The van der Waals surface area contributed by atoms with Crippen molar-refractivity contribution in [3.8, 4) is 17.1 Å². The summed E-state index contributed by atoms with van der Waals surface area (Å²) in [5.41, 5.74) is 2.44. The van der Waals surface area contributed by atoms with Gasteiger partial charge in [-0.2, -0.15) is 0 Å². The Kier molecular flexibility index (Phi) is 4.48. The van der Waals surface area contributed by atoms with Gasteiger partial charge < -0.3 is 14.9 Å². The van der Waals surface area contributed by atoms with Crippen LogP contribution in [0.25, 0.3) is 11.4 Å². The van der Waals surface area contributed by atoms with Crippen LogP contribution < -0.4 is 4.74 Å². The zero-order chi connectivity index (χ0) is 17.3. The number of aliphatic hydroxyl groups is 1. The van der Waals surface area contributed by atoms with E-state index >= 15 is 0 Å². The van der Waals surface area contributed by atoms with Crippen LogP contribution >= 0.6 is 0 Å². The summed E-state index contributed by atoms with van der Waals surface area (Å²) < 4.78 is 7.27. The van der Waals surface area contributed by atoms with Gasteiger partial charge in [-0.3, -0.25) is 4.79 Å². The highest BCUT2D eigenvalue weighted by molar-refractivity contribution is 5.71. The number of aryl methyl sites for hydroxylation is 2. The lowest BCUT2D eigenvalue weighted by molar-refractivity contribution is -0.148. The molecule has 0 radical (unpaired) electrons. The molecule has 0 aliphatic heterocycles. The lowest BCUT2D eigenvalue weighted by Gasteiger charge is -2.33. The number of hydrogen-bond acceptors (Lipinski definition) is 6. The molecule has 1 saturated carbocycles. The van der Waals surface area contributed by atoms with E-state index in [4.69, 9.17) is 9.84 Å². The van der Waals surface area contributed by atoms with E-state index in [0.29, 0.717) is 35.1 Å². The second-order valence-electron chi connectivity index (χ2n) is 6.04. The molecular formula is C16H20N4O4. The summed E-state index contributed by atoms with van der Waals surface area (Å²) >= 11 is 0. The van der Waals surface area contributed by atoms with Crippen LogP contribution in [0, 0.1) is 18.8 Å². The fourth-order valence-corrected chi connectivity index (χ4v) is 2.88. The molecule has 3 rings (SSSR count). The standard InChI is InChI=1S/C16H20N4O4/c1-9-14(24-8-10-3-4-11(10)16(22)23)6-5-12(17-9)15-13(7-21)20(2)19-18-15/h5-6,10-11,21H,3-4,7-8H2,1-2H3,(H,22,23). The van der Waals surface area contributed by atoms with E-state index in [1.807, 2.05) is 6.92 Å². The van der Waals surface area contributed by atoms with Crippen molar-refractivity contribution < 1.29 is 19.7 Å². The van der Waals surface area contributed by atoms with Gasteiger partial charge in [0.2, 0.25) is 0 Å². The van der Waals surface area contributed by atoms with E-state index in [-0.39, 0.29) is 18.4 Å². The van der Waals surface area contributed by atoms with Crippen molar-refractivity contribution in [3.05, 3.63) is 23.5 Å². The van der Waals surface area contributed by atoms with Crippen LogP contribution in [0.15, 0.2) is 12.1 Å². The Morgan fingerprint density at radius 1 is 1.42 bits per heavy atom. The first-order valence-electron chi connectivity index (χ1n) is 7.84. The van der Waals surface area contributed by atoms with Crippen molar-refractivity contribution >= 4 is 5.97 Å². The summed E-state index contributed by atoms with van der Waals surface area (Å²) in [6, 6.07) is 3.56. The van der Waals surface area contributed by atoms with Crippen LogP contribution in [0.4, 0.5) is 0 Å². The smallest absolute Gasteiger partial charge is 0.306 e. The summed E-state index contributed by atoms with van der Waals surface area (Å²) in [7, 11) is 1.71. The van der Waals surface area contributed by atoms with Crippen LogP contribution in [0.3, 0.4) is 0 Å². The van der Waals surface area contributed by atoms with Gasteiger partial charge in [-0.15, -0.1) is 5.10 Å². The molecule has 2 atom stereocenters. The second-order valence-corrected chi connectivity index (χ2v) is 6.04. The quantitative estimate of drug-likeness (QED) is 0.817. The van der Waals surface area contributed by atoms with E-state index in [0.717, 1.165) is 12.8 Å². The van der Waals surface area contributed by atoms with Crippen molar-refractivity contribution in [1.29, 1.82) is 0 Å². The van der Waals surface area contributed by atoms with Gasteiger partial charge in [0.1, 0.15) is 11.4 Å². The van der Waals surface area contributed by atoms with Crippen LogP contribution in [0.2, 0.25) is 0 Å². The van der Waals surface area contributed by atoms with Gasteiger partial charge in [0, 0.05) is 13.0 Å². The third kappa shape index (κ3) is 2.96. The lowest BCUT2D eigenvalue weighted by Crippen LogP contribution is -2.36. The number of aliphatic carboxylic acids is 1. The lowest BCUT2D eigenvalue weighted by atomic mass is 9.74. The number of carboxylic acids is 1. The highest BCUT2D eigenvalue weighted by Gasteiger charge is 2.37. The van der Waals surface area contributed by atoms with Crippen LogP contribution in [-0.2, 0) is 18.4 Å². The molecule has 0 aromatic carbocycles. The first-order chi connectivity index (χ1) is 11.5. The number of pyridine rings is 1. The van der Waals surface area contributed by atoms with Crippen LogP contribution in [0.1, 0.15) is 24.2 Å². The Balaban J connectivity index is 1.72. The topological polar surface area (TPSA) is 110 Å². The number of ether oxygens (including phenoxy) is 1. The van der Waals surface area contributed by atoms with Crippen molar-refractivity contribution in [2.75, 3.05) is 6.61 Å². The van der Waals surface area contributed by atoms with Crippen LogP contribution in [-0.4, -0.2) is 42.8 Å². The average molecular weight is 332 g/mol. The molecule has 2 aromatic heterocycles. The van der Waals surface area contributed by atoms with Gasteiger partial charge in [-0.05, 0) is 31.9 Å². The number of carboxylic acid groups (broad SMARTS) is 1. The van der Waals surface area contributed by atoms with E-state index in [1.165, 1.54) is 4.68 Å². The predicted molar refractivity (Wildman–Crippen MR) is 84.2 cm³/mol. The number of nitrogens with zero attached hydrogens (tertiary/aromatic N) is 4. The molecule has 0 spiro atoms. The Hall–Kier alpha value is -2.48. The summed E-state index contributed by atoms with van der Waals surface area (Å²) in [5, 5.41) is 26.4. The second kappa shape index (κ2) is 6.56. The third-order valence-electron chi connectivity index (χ3n) is 4.56. The highest BCUT2D eigenvalue weighted by Crippen LogP contribution is 2.35. The van der Waals surface area contributed by atoms with Crippen molar-refractivity contribution in [2.45, 2.75) is 26.4 Å². The molecule has 0 bridgehead atoms. The first-order valence-corrected chi connectivity index (χ1v) is 7.84. The Morgan fingerprint density at radius 2 is 2.21 bits per heavy atom. The molecule has 8 heteroatoms. The van der Waals surface area contributed by atoms with E-state index in [1.54, 1.807) is 19.2 Å². The normalized spacial score (nSPS) is 19.8. The van der Waals surface area contributed by atoms with Gasteiger partial charge in [-0.1, -0.05) is 5.21 Å². The van der Waals surface area contributed by atoms with E-state index in [2.05, 4.69) is 15.3 Å². The molecule has 128 valence electrons. The molecule has 1 aliphatic carbocycles. The SMILES string of the molecule is Cc1nc(-c2nnn(C)c2CO)ccc1OCC1CCC1C(=O)O. The number of aliphatic hydroxyl groups excluding tert-OH is 1. The van der Waals surface area contributed by atoms with E-state index < -0.39 is 5.97 Å². The third-order valence-corrected chi connectivity index (χ3v) is 4.56. The number of hydrogen-bond donors (Lipinski definition) is 2. The predicted octanol–water partition coefficient (Wildman–Crippen LogP) is 1.17. The van der Waals surface area contributed by atoms with Crippen molar-refractivity contribution in [3.63, 3.8) is 0 Å². The van der Waals surface area contributed by atoms with Gasteiger partial charge in [0.05, 0.1) is 36.2 Å². The minimum Gasteiger partial charge on any atom is -0.491 e. The van der Waals surface area contributed by atoms with Crippen molar-refractivity contribution in [1.82, 2.24) is 20.0 Å². The molecule has 2 N–H and O–H groups in total. The fourth-order valence-electron chi connectivity index (χ4n) is 2.88. The summed E-state index contributed by atoms with van der Waals surface area (Å²) in [6.45, 7) is 2.03. The highest BCUT2D eigenvalue weighted by atomic mass is 16.5. The minimum absolute atomic E-state index is 0.0579. The molecule has 2 heterocycles. The maximum atomic E-state index is 11.0. The largest absolute Gasteiger partial charge is 0.491 e. The first kappa shape index (κ1) is 16.4. The van der Waals surface area contributed by atoms with Gasteiger partial charge in [0.15, 0.2) is 0 Å². The zero-order valence-corrected chi connectivity index (χ0v) is 13.6. The molecule has 2 aromatic rings. The maximum Gasteiger partial charge on any atom is 0.306 e. The maximum absolute atomic E-state index is 11.0. The molecular weight excluding hydrogens is 312 g/mol. The van der Waals surface area contributed by atoms with Crippen LogP contribution in [0.5, 0.6) is 5.75 Å².